The minimum Gasteiger partial charge on any atom is -0.445 e. The highest BCUT2D eigenvalue weighted by atomic mass is 16.6. The summed E-state index contributed by atoms with van der Waals surface area (Å²) in [4.78, 5) is 63.7. The van der Waals surface area contributed by atoms with Crippen LogP contribution in [-0.2, 0) is 30.5 Å². The van der Waals surface area contributed by atoms with Gasteiger partial charge in [-0.3, -0.25) is 19.2 Å². The number of carbonyl (C=O) groups excluding carboxylic acids is 5. The third-order valence-corrected chi connectivity index (χ3v) is 5.43. The maximum Gasteiger partial charge on any atom is 0.409 e. The summed E-state index contributed by atoms with van der Waals surface area (Å²) in [5, 5.41) is 13.1. The molecule has 0 saturated carbocycles. The zero-order valence-corrected chi connectivity index (χ0v) is 23.2. The van der Waals surface area contributed by atoms with Crippen LogP contribution in [0.5, 0.6) is 0 Å². The van der Waals surface area contributed by atoms with Crippen molar-refractivity contribution >= 4 is 35.4 Å². The topological polar surface area (TPSA) is 187 Å². The summed E-state index contributed by atoms with van der Waals surface area (Å²) in [5.41, 5.74) is 6.42. The van der Waals surface area contributed by atoms with E-state index in [9.17, 15) is 24.0 Å². The molecule has 0 aromatic heterocycles. The highest BCUT2D eigenvalue weighted by Crippen LogP contribution is 2.12. The molecule has 5 amide bonds. The molecule has 0 aliphatic heterocycles. The number of likely N-dealkylation sites (N-methyl/N-ethyl adjacent to an activating group) is 2. The Labute approximate surface area is 229 Å². The number of amides is 5. The van der Waals surface area contributed by atoms with Crippen LogP contribution < -0.4 is 32.3 Å². The maximum absolute atomic E-state index is 12.9. The van der Waals surface area contributed by atoms with Crippen molar-refractivity contribution in [2.45, 2.75) is 25.5 Å². The second kappa shape index (κ2) is 18.5. The molecular formula is C25H42N8O6. The molecule has 1 unspecified atom stereocenters. The van der Waals surface area contributed by atoms with Crippen LogP contribution in [0.3, 0.4) is 0 Å². The summed E-state index contributed by atoms with van der Waals surface area (Å²) in [6, 6.07) is 5.99. The summed E-state index contributed by atoms with van der Waals surface area (Å²) in [5.74, 6) is -2.02. The number of benzene rings is 1. The predicted octanol–water partition coefficient (Wildman–Crippen LogP) is -1.57. The van der Waals surface area contributed by atoms with E-state index in [0.717, 1.165) is 12.1 Å². The van der Waals surface area contributed by atoms with E-state index in [1.54, 1.807) is 38.4 Å². The van der Waals surface area contributed by atoms with Gasteiger partial charge in [-0.1, -0.05) is 12.1 Å². The molecule has 0 heterocycles. The van der Waals surface area contributed by atoms with Crippen LogP contribution in [0.25, 0.3) is 0 Å². The fraction of sp³-hybridized carbons (Fsp3) is 0.560. The molecule has 0 saturated heterocycles. The molecule has 14 heteroatoms. The Kier molecular flexibility index (Phi) is 15.8. The van der Waals surface area contributed by atoms with E-state index < -0.39 is 35.8 Å². The smallest absolute Gasteiger partial charge is 0.409 e. The van der Waals surface area contributed by atoms with Crippen molar-refractivity contribution in [1.29, 1.82) is 0 Å². The molecule has 1 rings (SSSR count). The first kappa shape index (κ1) is 33.3. The summed E-state index contributed by atoms with van der Waals surface area (Å²) in [6.45, 7) is 1.09. The van der Waals surface area contributed by atoms with Gasteiger partial charge in [-0.2, -0.15) is 0 Å². The SMILES string of the molecule is CNCCCC(NC(=O)CNC(=O)CNC(=O)CN)C(=O)Nc1ccc(COC(=O)N(C)CCN(C)C)cc1. The average molecular weight is 551 g/mol. The number of nitrogens with two attached hydrogens (primary N) is 1. The number of ether oxygens (including phenoxy) is 1. The van der Waals surface area contributed by atoms with E-state index in [4.69, 9.17) is 10.5 Å². The molecule has 1 aromatic rings. The van der Waals surface area contributed by atoms with Gasteiger partial charge in [0.25, 0.3) is 0 Å². The minimum atomic E-state index is -0.835. The molecule has 0 aliphatic rings. The predicted molar refractivity (Wildman–Crippen MR) is 147 cm³/mol. The largest absolute Gasteiger partial charge is 0.445 e. The fourth-order valence-corrected chi connectivity index (χ4v) is 3.10. The van der Waals surface area contributed by atoms with Crippen LogP contribution in [0.1, 0.15) is 18.4 Å². The molecule has 1 aromatic carbocycles. The molecule has 218 valence electrons. The molecule has 7 N–H and O–H groups in total. The first-order valence-corrected chi connectivity index (χ1v) is 12.7. The van der Waals surface area contributed by atoms with Gasteiger partial charge in [-0.05, 0) is 58.2 Å². The average Bonchev–Trinajstić information content (AvgIpc) is 2.92. The summed E-state index contributed by atoms with van der Waals surface area (Å²) in [6.07, 6.45) is 0.569. The third-order valence-electron chi connectivity index (χ3n) is 5.43. The van der Waals surface area contributed by atoms with Gasteiger partial charge >= 0.3 is 6.09 Å². The Bertz CT molecular complexity index is 941. The summed E-state index contributed by atoms with van der Waals surface area (Å²) >= 11 is 0. The number of anilines is 1. The van der Waals surface area contributed by atoms with Gasteiger partial charge in [0.2, 0.25) is 23.6 Å². The molecule has 0 bridgehead atoms. The standard InChI is InChI=1S/C25H42N8O6/c1-27-11-5-6-20(31-23(36)16-29-22(35)15-28-21(34)14-26)24(37)30-19-9-7-18(8-10-19)17-39-25(38)33(4)13-12-32(2)3/h7-10,20,27H,5-6,11-17,26H2,1-4H3,(H,28,34)(H,29,35)(H,30,37)(H,31,36). The number of hydrogen-bond donors (Lipinski definition) is 6. The van der Waals surface area contributed by atoms with Crippen LogP contribution in [-0.4, -0.2) is 113 Å². The lowest BCUT2D eigenvalue weighted by Crippen LogP contribution is -2.48. The van der Waals surface area contributed by atoms with Crippen molar-refractivity contribution in [3.63, 3.8) is 0 Å². The Balaban J connectivity index is 2.61. The molecule has 14 nitrogen and oxygen atoms in total. The van der Waals surface area contributed by atoms with Crippen LogP contribution in [0.4, 0.5) is 10.5 Å². The van der Waals surface area contributed by atoms with Crippen molar-refractivity contribution in [3.05, 3.63) is 29.8 Å². The van der Waals surface area contributed by atoms with Crippen molar-refractivity contribution in [2.75, 3.05) is 72.8 Å². The van der Waals surface area contributed by atoms with E-state index >= 15 is 0 Å². The Morgan fingerprint density at radius 3 is 2.18 bits per heavy atom. The molecule has 0 radical (unpaired) electrons. The van der Waals surface area contributed by atoms with E-state index in [-0.39, 0.29) is 26.2 Å². The Hall–Kier alpha value is -3.75. The van der Waals surface area contributed by atoms with Crippen molar-refractivity contribution in [1.82, 2.24) is 31.1 Å². The van der Waals surface area contributed by atoms with Gasteiger partial charge in [-0.25, -0.2) is 4.79 Å². The maximum atomic E-state index is 12.9. The van der Waals surface area contributed by atoms with Crippen molar-refractivity contribution < 1.29 is 28.7 Å². The van der Waals surface area contributed by atoms with Gasteiger partial charge in [0.15, 0.2) is 0 Å². The third kappa shape index (κ3) is 14.7. The van der Waals surface area contributed by atoms with E-state index in [1.165, 1.54) is 4.90 Å². The minimum absolute atomic E-state index is 0.0870. The number of nitrogens with zero attached hydrogens (tertiary/aromatic N) is 2. The highest BCUT2D eigenvalue weighted by molar-refractivity contribution is 5.98. The van der Waals surface area contributed by atoms with Crippen LogP contribution in [0.2, 0.25) is 0 Å². The first-order valence-electron chi connectivity index (χ1n) is 12.7. The van der Waals surface area contributed by atoms with Crippen LogP contribution in [0.15, 0.2) is 24.3 Å². The quantitative estimate of drug-likeness (QED) is 0.125. The number of carbonyl (C=O) groups is 5. The second-order valence-electron chi connectivity index (χ2n) is 9.09. The molecule has 0 spiro atoms. The van der Waals surface area contributed by atoms with Crippen LogP contribution in [0, 0.1) is 0 Å². The normalized spacial score (nSPS) is 11.3. The Morgan fingerprint density at radius 1 is 0.923 bits per heavy atom. The lowest BCUT2D eigenvalue weighted by Gasteiger charge is -2.19. The highest BCUT2D eigenvalue weighted by Gasteiger charge is 2.21. The van der Waals surface area contributed by atoms with Crippen LogP contribution >= 0.6 is 0 Å². The van der Waals surface area contributed by atoms with E-state index in [0.29, 0.717) is 31.6 Å². The fourth-order valence-electron chi connectivity index (χ4n) is 3.10. The molecule has 0 fully saturated rings. The van der Waals surface area contributed by atoms with E-state index in [2.05, 4.69) is 26.6 Å². The number of nitrogens with one attached hydrogen (secondary N) is 5. The van der Waals surface area contributed by atoms with Gasteiger partial charge < -0.3 is 46.9 Å². The molecular weight excluding hydrogens is 508 g/mol. The zero-order valence-electron chi connectivity index (χ0n) is 23.2. The number of hydrogen-bond acceptors (Lipinski definition) is 9. The molecule has 39 heavy (non-hydrogen) atoms. The van der Waals surface area contributed by atoms with Crippen molar-refractivity contribution in [2.24, 2.45) is 5.73 Å². The number of rotatable bonds is 17. The van der Waals surface area contributed by atoms with Gasteiger partial charge in [0.1, 0.15) is 12.6 Å². The lowest BCUT2D eigenvalue weighted by molar-refractivity contribution is -0.128. The first-order chi connectivity index (χ1) is 18.5. The van der Waals surface area contributed by atoms with Crippen molar-refractivity contribution in [3.8, 4) is 0 Å². The lowest BCUT2D eigenvalue weighted by atomic mass is 10.1. The molecule has 1 atom stereocenters. The molecule has 0 aliphatic carbocycles. The van der Waals surface area contributed by atoms with Gasteiger partial charge in [-0.15, -0.1) is 0 Å². The summed E-state index contributed by atoms with van der Waals surface area (Å²) < 4.78 is 5.32. The summed E-state index contributed by atoms with van der Waals surface area (Å²) in [7, 11) is 7.31. The van der Waals surface area contributed by atoms with Gasteiger partial charge in [0.05, 0.1) is 19.6 Å². The van der Waals surface area contributed by atoms with E-state index in [1.807, 2.05) is 19.0 Å². The van der Waals surface area contributed by atoms with Gasteiger partial charge in [0, 0.05) is 25.8 Å². The monoisotopic (exact) mass is 550 g/mol. The zero-order chi connectivity index (χ0) is 29.2. The Morgan fingerprint density at radius 2 is 1.56 bits per heavy atom. The second-order valence-corrected chi connectivity index (χ2v) is 9.09.